The van der Waals surface area contributed by atoms with Crippen molar-refractivity contribution in [1.29, 1.82) is 0 Å². The van der Waals surface area contributed by atoms with Crippen LogP contribution in [-0.2, 0) is 9.47 Å². The summed E-state index contributed by atoms with van der Waals surface area (Å²) in [7, 11) is 0. The lowest BCUT2D eigenvalue weighted by Crippen LogP contribution is -2.48. The molecule has 0 atom stereocenters. The SMILES string of the molecule is Cc1nc(N2CCOCC2)cc(N2CCN(CC3CCOCC3)CC2)n1. The lowest BCUT2D eigenvalue weighted by Gasteiger charge is -2.38. The molecular formula is C19H31N5O2. The highest BCUT2D eigenvalue weighted by Gasteiger charge is 2.23. The van der Waals surface area contributed by atoms with Gasteiger partial charge in [-0.1, -0.05) is 0 Å². The average molecular weight is 361 g/mol. The van der Waals surface area contributed by atoms with Crippen LogP contribution >= 0.6 is 0 Å². The molecule has 4 heterocycles. The molecule has 144 valence electrons. The number of anilines is 2. The van der Waals surface area contributed by atoms with Gasteiger partial charge in [-0.05, 0) is 25.7 Å². The molecular weight excluding hydrogens is 330 g/mol. The van der Waals surface area contributed by atoms with Crippen molar-refractivity contribution in [3.05, 3.63) is 11.9 Å². The number of ether oxygens (including phenoxy) is 2. The van der Waals surface area contributed by atoms with Gasteiger partial charge in [-0.25, -0.2) is 9.97 Å². The predicted molar refractivity (Wildman–Crippen MR) is 102 cm³/mol. The van der Waals surface area contributed by atoms with Crippen LogP contribution in [0.15, 0.2) is 6.07 Å². The summed E-state index contributed by atoms with van der Waals surface area (Å²) < 4.78 is 10.9. The molecule has 4 rings (SSSR count). The quantitative estimate of drug-likeness (QED) is 0.798. The zero-order valence-electron chi connectivity index (χ0n) is 15.9. The largest absolute Gasteiger partial charge is 0.381 e. The van der Waals surface area contributed by atoms with Gasteiger partial charge in [0.15, 0.2) is 0 Å². The summed E-state index contributed by atoms with van der Waals surface area (Å²) in [5, 5.41) is 0. The van der Waals surface area contributed by atoms with Gasteiger partial charge in [-0.2, -0.15) is 0 Å². The molecule has 0 saturated carbocycles. The van der Waals surface area contributed by atoms with Crippen LogP contribution in [0, 0.1) is 12.8 Å². The first-order valence-corrected chi connectivity index (χ1v) is 10.0. The Hall–Kier alpha value is -1.44. The first-order chi connectivity index (χ1) is 12.8. The number of hydrogen-bond acceptors (Lipinski definition) is 7. The fraction of sp³-hybridized carbons (Fsp3) is 0.789. The van der Waals surface area contributed by atoms with E-state index >= 15 is 0 Å². The Morgan fingerprint density at radius 2 is 1.42 bits per heavy atom. The number of aromatic nitrogens is 2. The van der Waals surface area contributed by atoms with Crippen LogP contribution in [0.5, 0.6) is 0 Å². The Labute approximate surface area is 156 Å². The molecule has 26 heavy (non-hydrogen) atoms. The second kappa shape index (κ2) is 8.50. The van der Waals surface area contributed by atoms with E-state index in [0.717, 1.165) is 89.1 Å². The van der Waals surface area contributed by atoms with E-state index in [2.05, 4.69) is 25.8 Å². The molecule has 0 aliphatic carbocycles. The molecule has 0 spiro atoms. The van der Waals surface area contributed by atoms with E-state index in [1.165, 1.54) is 19.4 Å². The number of nitrogens with zero attached hydrogens (tertiary/aromatic N) is 5. The lowest BCUT2D eigenvalue weighted by atomic mass is 9.99. The lowest BCUT2D eigenvalue weighted by molar-refractivity contribution is 0.0517. The third-order valence-corrected chi connectivity index (χ3v) is 5.70. The summed E-state index contributed by atoms with van der Waals surface area (Å²) in [6.07, 6.45) is 2.43. The molecule has 1 aromatic rings. The van der Waals surface area contributed by atoms with Crippen LogP contribution in [0.25, 0.3) is 0 Å². The van der Waals surface area contributed by atoms with Gasteiger partial charge < -0.3 is 19.3 Å². The molecule has 0 unspecified atom stereocenters. The van der Waals surface area contributed by atoms with Crippen LogP contribution in [-0.4, -0.2) is 87.1 Å². The fourth-order valence-electron chi connectivity index (χ4n) is 4.11. The Bertz CT molecular complexity index is 579. The van der Waals surface area contributed by atoms with Crippen LogP contribution in [0.3, 0.4) is 0 Å². The number of hydrogen-bond donors (Lipinski definition) is 0. The maximum atomic E-state index is 5.48. The summed E-state index contributed by atoms with van der Waals surface area (Å²) in [6.45, 7) is 12.8. The van der Waals surface area contributed by atoms with E-state index in [0.29, 0.717) is 0 Å². The van der Waals surface area contributed by atoms with Crippen molar-refractivity contribution in [3.8, 4) is 0 Å². The molecule has 3 saturated heterocycles. The zero-order chi connectivity index (χ0) is 17.8. The number of rotatable bonds is 4. The minimum Gasteiger partial charge on any atom is -0.381 e. The summed E-state index contributed by atoms with van der Waals surface area (Å²) in [6, 6.07) is 2.16. The van der Waals surface area contributed by atoms with Gasteiger partial charge in [-0.15, -0.1) is 0 Å². The van der Waals surface area contributed by atoms with Gasteiger partial charge in [0, 0.05) is 65.1 Å². The standard InChI is InChI=1S/C19H31N5O2/c1-16-20-18(14-19(21-16)24-8-12-26-13-9-24)23-6-4-22(5-7-23)15-17-2-10-25-11-3-17/h14,17H,2-13,15H2,1H3. The second-order valence-electron chi connectivity index (χ2n) is 7.57. The maximum absolute atomic E-state index is 5.48. The van der Waals surface area contributed by atoms with Crippen molar-refractivity contribution in [1.82, 2.24) is 14.9 Å². The molecule has 3 aliphatic rings. The van der Waals surface area contributed by atoms with Crippen LogP contribution in [0.1, 0.15) is 18.7 Å². The number of piperazine rings is 1. The van der Waals surface area contributed by atoms with Gasteiger partial charge in [-0.3, -0.25) is 4.90 Å². The molecule has 3 fully saturated rings. The summed E-state index contributed by atoms with van der Waals surface area (Å²) in [5.41, 5.74) is 0. The van der Waals surface area contributed by atoms with Crippen LogP contribution < -0.4 is 9.80 Å². The Balaban J connectivity index is 1.35. The molecule has 0 bridgehead atoms. The summed E-state index contributed by atoms with van der Waals surface area (Å²) in [5.74, 6) is 3.78. The van der Waals surface area contributed by atoms with Crippen molar-refractivity contribution in [3.63, 3.8) is 0 Å². The first-order valence-electron chi connectivity index (χ1n) is 10.0. The maximum Gasteiger partial charge on any atom is 0.134 e. The average Bonchev–Trinajstić information content (AvgIpc) is 2.70. The van der Waals surface area contributed by atoms with Crippen molar-refractivity contribution in [2.24, 2.45) is 5.92 Å². The Kier molecular flexibility index (Phi) is 5.87. The van der Waals surface area contributed by atoms with Crippen molar-refractivity contribution in [2.75, 3.05) is 82.0 Å². The molecule has 1 aromatic heterocycles. The first kappa shape index (κ1) is 17.9. The van der Waals surface area contributed by atoms with Crippen LogP contribution in [0.2, 0.25) is 0 Å². The third-order valence-electron chi connectivity index (χ3n) is 5.70. The van der Waals surface area contributed by atoms with E-state index in [1.807, 2.05) is 6.92 Å². The Morgan fingerprint density at radius 3 is 2.08 bits per heavy atom. The van der Waals surface area contributed by atoms with Crippen molar-refractivity contribution in [2.45, 2.75) is 19.8 Å². The highest BCUT2D eigenvalue weighted by Crippen LogP contribution is 2.22. The van der Waals surface area contributed by atoms with Gasteiger partial charge in [0.25, 0.3) is 0 Å². The van der Waals surface area contributed by atoms with Gasteiger partial charge >= 0.3 is 0 Å². The van der Waals surface area contributed by atoms with Crippen molar-refractivity contribution < 1.29 is 9.47 Å². The van der Waals surface area contributed by atoms with Gasteiger partial charge in [0.1, 0.15) is 17.5 Å². The molecule has 0 N–H and O–H groups in total. The summed E-state index contributed by atoms with van der Waals surface area (Å²) in [4.78, 5) is 16.7. The predicted octanol–water partition coefficient (Wildman–Crippen LogP) is 1.17. The monoisotopic (exact) mass is 361 g/mol. The van der Waals surface area contributed by atoms with Gasteiger partial charge in [0.05, 0.1) is 13.2 Å². The third kappa shape index (κ3) is 4.45. The van der Waals surface area contributed by atoms with E-state index in [-0.39, 0.29) is 0 Å². The van der Waals surface area contributed by atoms with E-state index in [9.17, 15) is 0 Å². The summed E-state index contributed by atoms with van der Waals surface area (Å²) >= 11 is 0. The smallest absolute Gasteiger partial charge is 0.134 e. The van der Waals surface area contributed by atoms with E-state index in [1.54, 1.807) is 0 Å². The molecule has 7 nitrogen and oxygen atoms in total. The zero-order valence-corrected chi connectivity index (χ0v) is 15.9. The normalized spacial score (nSPS) is 23.4. The van der Waals surface area contributed by atoms with E-state index < -0.39 is 0 Å². The fourth-order valence-corrected chi connectivity index (χ4v) is 4.11. The molecule has 0 radical (unpaired) electrons. The second-order valence-corrected chi connectivity index (χ2v) is 7.57. The highest BCUT2D eigenvalue weighted by atomic mass is 16.5. The minimum atomic E-state index is 0.781. The molecule has 0 aromatic carbocycles. The molecule has 7 heteroatoms. The highest BCUT2D eigenvalue weighted by molar-refractivity contribution is 5.51. The number of aryl methyl sites for hydroxylation is 1. The minimum absolute atomic E-state index is 0.781. The molecule has 0 amide bonds. The Morgan fingerprint density at radius 1 is 0.846 bits per heavy atom. The van der Waals surface area contributed by atoms with Crippen molar-refractivity contribution >= 4 is 11.6 Å². The van der Waals surface area contributed by atoms with E-state index in [4.69, 9.17) is 14.5 Å². The van der Waals surface area contributed by atoms with Crippen LogP contribution in [0.4, 0.5) is 11.6 Å². The number of morpholine rings is 1. The molecule has 3 aliphatic heterocycles. The van der Waals surface area contributed by atoms with Gasteiger partial charge in [0.2, 0.25) is 0 Å². The topological polar surface area (TPSA) is 54.0 Å².